The average Bonchev–Trinajstić information content (AvgIpc) is 3.59. The summed E-state index contributed by atoms with van der Waals surface area (Å²) in [4.78, 5) is 16.3. The quantitative estimate of drug-likeness (QED) is 0.181. The summed E-state index contributed by atoms with van der Waals surface area (Å²) < 4.78 is 1.43. The fourth-order valence-electron chi connectivity index (χ4n) is 6.72. The van der Waals surface area contributed by atoms with Crippen molar-refractivity contribution in [3.8, 4) is 5.75 Å². The molecule has 8 nitrogen and oxygen atoms in total. The number of hydrogen-bond donors (Lipinski definition) is 2. The molecule has 0 spiro atoms. The van der Waals surface area contributed by atoms with Crippen molar-refractivity contribution in [1.82, 2.24) is 30.4 Å². The molecule has 44 heavy (non-hydrogen) atoms. The molecule has 3 atom stereocenters. The van der Waals surface area contributed by atoms with Crippen molar-refractivity contribution in [1.29, 1.82) is 0 Å². The van der Waals surface area contributed by atoms with Crippen molar-refractivity contribution in [2.24, 2.45) is 0 Å². The molecule has 0 saturated carbocycles. The van der Waals surface area contributed by atoms with Crippen LogP contribution in [0, 0.1) is 6.92 Å². The van der Waals surface area contributed by atoms with Crippen LogP contribution in [0.15, 0.2) is 109 Å². The van der Waals surface area contributed by atoms with E-state index in [1.54, 1.807) is 22.5 Å². The summed E-state index contributed by atoms with van der Waals surface area (Å²) in [6, 6.07) is 35.8. The van der Waals surface area contributed by atoms with Crippen LogP contribution in [0.1, 0.15) is 53.5 Å². The first-order valence-corrected chi connectivity index (χ1v) is 15.7. The lowest BCUT2D eigenvalue weighted by Crippen LogP contribution is -2.70. The molecule has 2 saturated heterocycles. The molecule has 222 valence electrons. The van der Waals surface area contributed by atoms with E-state index in [9.17, 15) is 9.90 Å². The van der Waals surface area contributed by atoms with Crippen LogP contribution in [-0.2, 0) is 16.9 Å². The van der Waals surface area contributed by atoms with Gasteiger partial charge in [0.2, 0.25) is 5.91 Å². The summed E-state index contributed by atoms with van der Waals surface area (Å²) in [7, 11) is 0. The molecule has 2 N–H and O–H groups in total. The van der Waals surface area contributed by atoms with Gasteiger partial charge in [-0.3, -0.25) is 10.1 Å². The van der Waals surface area contributed by atoms with Crippen molar-refractivity contribution in [3.63, 3.8) is 0 Å². The Morgan fingerprint density at radius 3 is 2.00 bits per heavy atom. The van der Waals surface area contributed by atoms with Crippen molar-refractivity contribution < 1.29 is 9.90 Å². The molecule has 0 aliphatic carbocycles. The van der Waals surface area contributed by atoms with Gasteiger partial charge in [0.15, 0.2) is 5.82 Å². The lowest BCUT2D eigenvalue weighted by Gasteiger charge is -2.49. The van der Waals surface area contributed by atoms with Crippen molar-refractivity contribution in [3.05, 3.63) is 143 Å². The molecule has 1 aromatic heterocycles. The van der Waals surface area contributed by atoms with Crippen LogP contribution in [0.5, 0.6) is 5.75 Å². The number of carbonyl (C=O) groups is 1. The summed E-state index contributed by atoms with van der Waals surface area (Å²) in [5.74, 6) is 0.937. The summed E-state index contributed by atoms with van der Waals surface area (Å²) in [6.45, 7) is 6.63. The largest absolute Gasteiger partial charge is 0.508 e. The van der Waals surface area contributed by atoms with E-state index in [1.807, 2.05) is 78.6 Å². The Bertz CT molecular complexity index is 1700. The molecular formula is C35H34N6O2S. The van der Waals surface area contributed by atoms with Gasteiger partial charge in [0.1, 0.15) is 23.2 Å². The lowest BCUT2D eigenvalue weighted by molar-refractivity contribution is -0.150. The van der Waals surface area contributed by atoms with Crippen LogP contribution < -0.4 is 5.32 Å². The summed E-state index contributed by atoms with van der Waals surface area (Å²) in [6.07, 6.45) is 0. The van der Waals surface area contributed by atoms with Crippen LogP contribution >= 0.6 is 11.8 Å². The Hall–Kier alpha value is -4.47. The van der Waals surface area contributed by atoms with Crippen LogP contribution in [-0.4, -0.2) is 52.3 Å². The Kier molecular flexibility index (Phi) is 7.02. The van der Waals surface area contributed by atoms with E-state index in [-0.39, 0.29) is 27.8 Å². The number of nitrogens with one attached hydrogen (secondary N) is 1. The van der Waals surface area contributed by atoms with E-state index in [2.05, 4.69) is 71.1 Å². The maximum absolute atomic E-state index is 14.3. The zero-order valence-electron chi connectivity index (χ0n) is 24.8. The Morgan fingerprint density at radius 1 is 0.886 bits per heavy atom. The minimum absolute atomic E-state index is 0.0280. The molecule has 2 aliphatic rings. The smallest absolute Gasteiger partial charge is 0.244 e. The number of thioether (sulfide) groups is 1. The third-order valence-electron chi connectivity index (χ3n) is 8.83. The van der Waals surface area contributed by atoms with Crippen molar-refractivity contribution >= 4 is 17.7 Å². The van der Waals surface area contributed by atoms with Crippen LogP contribution in [0.25, 0.3) is 0 Å². The highest BCUT2D eigenvalue weighted by molar-refractivity contribution is 8.01. The van der Waals surface area contributed by atoms with E-state index in [0.29, 0.717) is 12.4 Å². The number of β-lactam (4-membered cyclic amide) rings is 1. The standard InChI is InChI=1S/C35H34N6O2S/c1-23-21-24(19-20-28(23)42)22-40-31(37-38-39-40)30-34(2,3)44-33-29(32(43)41(30)33)36-35(25-13-7-4-8-14-25,26-15-9-5-10-16-26)27-17-11-6-12-18-27/h4-21,29-30,33,36,42H,22H2,1-3H3/t29?,30?,33-/m0/s1. The van der Waals surface area contributed by atoms with Gasteiger partial charge in [0, 0.05) is 4.75 Å². The fraction of sp³-hybridized carbons (Fsp3) is 0.257. The van der Waals surface area contributed by atoms with E-state index < -0.39 is 11.6 Å². The van der Waals surface area contributed by atoms with Crippen molar-refractivity contribution in [2.45, 2.75) is 55.1 Å². The monoisotopic (exact) mass is 602 g/mol. The number of benzene rings is 4. The van der Waals surface area contributed by atoms with Crippen LogP contribution in [0.3, 0.4) is 0 Å². The molecule has 1 amide bonds. The number of tetrazole rings is 1. The number of aromatic nitrogens is 4. The SMILES string of the molecule is Cc1cc(Cn2nnnc2C2N3C(=O)C(NC(c4ccccc4)(c4ccccc4)c4ccccc4)[C@@H]3SC2(C)C)ccc1O. The molecule has 5 aromatic rings. The number of amides is 1. The predicted molar refractivity (Wildman–Crippen MR) is 171 cm³/mol. The first kappa shape index (κ1) is 28.3. The van der Waals surface area contributed by atoms with E-state index in [0.717, 1.165) is 27.8 Å². The average molecular weight is 603 g/mol. The van der Waals surface area contributed by atoms with Gasteiger partial charge in [0.25, 0.3) is 0 Å². The number of rotatable bonds is 8. The molecule has 3 heterocycles. The summed E-state index contributed by atoms with van der Waals surface area (Å²) in [5, 5.41) is 26.6. The minimum Gasteiger partial charge on any atom is -0.508 e. The number of phenols is 1. The van der Waals surface area contributed by atoms with Gasteiger partial charge < -0.3 is 10.0 Å². The molecular weight excluding hydrogens is 568 g/mol. The Balaban J connectivity index is 1.26. The summed E-state index contributed by atoms with van der Waals surface area (Å²) in [5.41, 5.74) is 4.21. The summed E-state index contributed by atoms with van der Waals surface area (Å²) >= 11 is 1.78. The first-order valence-electron chi connectivity index (χ1n) is 14.8. The minimum atomic E-state index is -0.753. The number of aryl methyl sites for hydroxylation is 1. The van der Waals surface area contributed by atoms with Gasteiger partial charge in [-0.1, -0.05) is 103 Å². The van der Waals surface area contributed by atoms with Crippen LogP contribution in [0.4, 0.5) is 0 Å². The number of phenolic OH excluding ortho intramolecular Hbond substituents is 1. The lowest BCUT2D eigenvalue weighted by atomic mass is 9.76. The Labute approximate surface area is 261 Å². The number of hydrogen-bond acceptors (Lipinski definition) is 7. The molecule has 0 radical (unpaired) electrons. The number of aromatic hydroxyl groups is 1. The molecule has 4 aromatic carbocycles. The zero-order valence-corrected chi connectivity index (χ0v) is 25.6. The fourth-order valence-corrected chi connectivity index (χ4v) is 8.35. The molecule has 2 fully saturated rings. The predicted octanol–water partition coefficient (Wildman–Crippen LogP) is 5.42. The maximum atomic E-state index is 14.3. The number of carbonyl (C=O) groups excluding carboxylic acids is 1. The molecule has 2 aliphatic heterocycles. The first-order chi connectivity index (χ1) is 21.3. The highest BCUT2D eigenvalue weighted by atomic mass is 32.2. The molecule has 9 heteroatoms. The second-order valence-electron chi connectivity index (χ2n) is 12.0. The van der Waals surface area contributed by atoms with E-state index >= 15 is 0 Å². The topological polar surface area (TPSA) is 96.2 Å². The normalized spacial score (nSPS) is 20.8. The third kappa shape index (κ3) is 4.58. The van der Waals surface area contributed by atoms with Crippen LogP contribution in [0.2, 0.25) is 0 Å². The van der Waals surface area contributed by atoms with Gasteiger partial charge in [-0.15, -0.1) is 16.9 Å². The number of fused-ring (bicyclic) bond motifs is 1. The number of nitrogens with zero attached hydrogens (tertiary/aromatic N) is 5. The van der Waals surface area contributed by atoms with E-state index in [1.165, 1.54) is 0 Å². The van der Waals surface area contributed by atoms with Gasteiger partial charge in [-0.05, 0) is 65.1 Å². The van der Waals surface area contributed by atoms with Gasteiger partial charge in [-0.25, -0.2) is 4.68 Å². The van der Waals surface area contributed by atoms with Gasteiger partial charge in [0.05, 0.1) is 12.1 Å². The van der Waals surface area contributed by atoms with Gasteiger partial charge >= 0.3 is 0 Å². The highest BCUT2D eigenvalue weighted by Gasteiger charge is 2.64. The van der Waals surface area contributed by atoms with Crippen molar-refractivity contribution in [2.75, 3.05) is 0 Å². The molecule has 0 bridgehead atoms. The second-order valence-corrected chi connectivity index (χ2v) is 13.8. The van der Waals surface area contributed by atoms with Gasteiger partial charge in [-0.2, -0.15) is 0 Å². The zero-order chi connectivity index (χ0) is 30.5. The Morgan fingerprint density at radius 2 is 1.45 bits per heavy atom. The second kappa shape index (κ2) is 10.9. The molecule has 7 rings (SSSR count). The highest BCUT2D eigenvalue weighted by Crippen LogP contribution is 2.57. The van der Waals surface area contributed by atoms with E-state index in [4.69, 9.17) is 0 Å². The molecule has 2 unspecified atom stereocenters. The third-order valence-corrected chi connectivity index (χ3v) is 10.4. The maximum Gasteiger partial charge on any atom is 0.244 e.